The van der Waals surface area contributed by atoms with Crippen LogP contribution in [-0.4, -0.2) is 22.2 Å². The van der Waals surface area contributed by atoms with Gasteiger partial charge in [0.2, 0.25) is 0 Å². The lowest BCUT2D eigenvalue weighted by Gasteiger charge is -2.12. The van der Waals surface area contributed by atoms with E-state index in [1.54, 1.807) is 18.2 Å². The number of benzene rings is 1. The maximum absolute atomic E-state index is 12.5. The topological polar surface area (TPSA) is 87.9 Å². The van der Waals surface area contributed by atoms with E-state index in [0.29, 0.717) is 5.69 Å². The van der Waals surface area contributed by atoms with E-state index in [1.165, 1.54) is 24.4 Å². The standard InChI is InChI=1S/C17H9F3N4O2S/c18-17(19,20)26-12-7-2-1-5-10(12)15(25)24-16-23-14(13(9-21)27-16)11-6-3-4-8-22-11/h1-8H,(H,23,24,25). The van der Waals surface area contributed by atoms with Crippen molar-refractivity contribution < 1.29 is 22.7 Å². The van der Waals surface area contributed by atoms with E-state index in [4.69, 9.17) is 0 Å². The Labute approximate surface area is 154 Å². The van der Waals surface area contributed by atoms with Crippen molar-refractivity contribution in [2.75, 3.05) is 5.32 Å². The first-order valence-electron chi connectivity index (χ1n) is 7.36. The molecule has 0 atom stereocenters. The lowest BCUT2D eigenvalue weighted by atomic mass is 10.2. The Morgan fingerprint density at radius 3 is 2.59 bits per heavy atom. The molecule has 0 saturated carbocycles. The monoisotopic (exact) mass is 390 g/mol. The first-order valence-corrected chi connectivity index (χ1v) is 8.17. The second-order valence-electron chi connectivity index (χ2n) is 5.02. The van der Waals surface area contributed by atoms with Crippen molar-refractivity contribution in [2.24, 2.45) is 0 Å². The fraction of sp³-hybridized carbons (Fsp3) is 0.0588. The van der Waals surface area contributed by atoms with Crippen LogP contribution >= 0.6 is 11.3 Å². The van der Waals surface area contributed by atoms with Crippen molar-refractivity contribution in [3.63, 3.8) is 0 Å². The summed E-state index contributed by atoms with van der Waals surface area (Å²) >= 11 is 0.889. The van der Waals surface area contributed by atoms with E-state index in [9.17, 15) is 23.2 Å². The summed E-state index contributed by atoms with van der Waals surface area (Å²) in [6.07, 6.45) is -3.41. The number of nitriles is 1. The van der Waals surface area contributed by atoms with Gasteiger partial charge in [0.25, 0.3) is 5.91 Å². The van der Waals surface area contributed by atoms with Gasteiger partial charge in [0.1, 0.15) is 22.4 Å². The molecule has 0 radical (unpaired) electrons. The van der Waals surface area contributed by atoms with Crippen LogP contribution in [0.3, 0.4) is 0 Å². The summed E-state index contributed by atoms with van der Waals surface area (Å²) in [4.78, 5) is 20.8. The van der Waals surface area contributed by atoms with Crippen LogP contribution in [0, 0.1) is 11.3 Å². The molecule has 1 N–H and O–H groups in total. The quantitative estimate of drug-likeness (QED) is 0.720. The van der Waals surface area contributed by atoms with Crippen molar-refractivity contribution in [3.8, 4) is 23.2 Å². The molecule has 2 aromatic heterocycles. The van der Waals surface area contributed by atoms with E-state index in [1.807, 2.05) is 6.07 Å². The number of pyridine rings is 1. The number of hydrogen-bond acceptors (Lipinski definition) is 6. The molecule has 10 heteroatoms. The Kier molecular flexibility index (Phi) is 5.05. The smallest absolute Gasteiger partial charge is 0.405 e. The maximum atomic E-state index is 12.5. The number of nitrogens with zero attached hydrogens (tertiary/aromatic N) is 3. The minimum absolute atomic E-state index is 0.0546. The number of thiazole rings is 1. The van der Waals surface area contributed by atoms with Gasteiger partial charge < -0.3 is 4.74 Å². The number of aromatic nitrogens is 2. The molecular formula is C17H9F3N4O2S. The van der Waals surface area contributed by atoms with Crippen molar-refractivity contribution in [1.29, 1.82) is 5.26 Å². The molecule has 136 valence electrons. The molecule has 1 amide bonds. The first kappa shape index (κ1) is 18.3. The minimum Gasteiger partial charge on any atom is -0.405 e. The number of nitrogens with one attached hydrogen (secondary N) is 1. The van der Waals surface area contributed by atoms with Gasteiger partial charge in [0.15, 0.2) is 5.13 Å². The van der Waals surface area contributed by atoms with Crippen LogP contribution in [0.2, 0.25) is 0 Å². The molecule has 0 unspecified atom stereocenters. The van der Waals surface area contributed by atoms with Crippen molar-refractivity contribution in [3.05, 3.63) is 59.1 Å². The van der Waals surface area contributed by atoms with Gasteiger partial charge in [0.05, 0.1) is 11.3 Å². The Bertz CT molecular complexity index is 1010. The lowest BCUT2D eigenvalue weighted by Crippen LogP contribution is -2.20. The van der Waals surface area contributed by atoms with E-state index < -0.39 is 18.0 Å². The van der Waals surface area contributed by atoms with Crippen molar-refractivity contribution >= 4 is 22.4 Å². The van der Waals surface area contributed by atoms with Crippen LogP contribution in [0.5, 0.6) is 5.75 Å². The highest BCUT2D eigenvalue weighted by Gasteiger charge is 2.33. The second-order valence-corrected chi connectivity index (χ2v) is 6.02. The lowest BCUT2D eigenvalue weighted by molar-refractivity contribution is -0.274. The van der Waals surface area contributed by atoms with E-state index in [-0.39, 0.29) is 21.3 Å². The number of alkyl halides is 3. The van der Waals surface area contributed by atoms with Gasteiger partial charge in [-0.3, -0.25) is 15.1 Å². The SMILES string of the molecule is N#Cc1sc(NC(=O)c2ccccc2OC(F)(F)F)nc1-c1ccccn1. The van der Waals surface area contributed by atoms with Gasteiger partial charge in [-0.05, 0) is 24.3 Å². The highest BCUT2D eigenvalue weighted by atomic mass is 32.1. The molecule has 1 aromatic carbocycles. The summed E-state index contributed by atoms with van der Waals surface area (Å²) in [5, 5.41) is 11.7. The van der Waals surface area contributed by atoms with Crippen LogP contribution in [0.25, 0.3) is 11.4 Å². The molecule has 27 heavy (non-hydrogen) atoms. The molecule has 3 rings (SSSR count). The number of halogens is 3. The van der Waals surface area contributed by atoms with E-state index >= 15 is 0 Å². The third-order valence-electron chi connectivity index (χ3n) is 3.21. The number of carbonyl (C=O) groups excluding carboxylic acids is 1. The number of ether oxygens (including phenoxy) is 1. The summed E-state index contributed by atoms with van der Waals surface area (Å²) in [7, 11) is 0. The predicted molar refractivity (Wildman–Crippen MR) is 91.1 cm³/mol. The molecule has 0 bridgehead atoms. The van der Waals surface area contributed by atoms with Crippen LogP contribution < -0.4 is 10.1 Å². The molecule has 0 spiro atoms. The highest BCUT2D eigenvalue weighted by Crippen LogP contribution is 2.31. The Balaban J connectivity index is 1.88. The molecule has 3 aromatic rings. The molecule has 0 aliphatic heterocycles. The third-order valence-corrected chi connectivity index (χ3v) is 4.09. The summed E-state index contributed by atoms with van der Waals surface area (Å²) in [6.45, 7) is 0. The van der Waals surface area contributed by atoms with Gasteiger partial charge in [-0.15, -0.1) is 13.2 Å². The average molecular weight is 390 g/mol. The first-order chi connectivity index (χ1) is 12.9. The van der Waals surface area contributed by atoms with Gasteiger partial charge in [-0.25, -0.2) is 4.98 Å². The molecule has 0 fully saturated rings. The average Bonchev–Trinajstić information content (AvgIpc) is 3.04. The van der Waals surface area contributed by atoms with Crippen LogP contribution in [-0.2, 0) is 0 Å². The summed E-state index contributed by atoms with van der Waals surface area (Å²) < 4.78 is 41.4. The van der Waals surface area contributed by atoms with E-state index in [0.717, 1.165) is 17.4 Å². The fourth-order valence-electron chi connectivity index (χ4n) is 2.16. The van der Waals surface area contributed by atoms with Gasteiger partial charge in [-0.1, -0.05) is 29.5 Å². The maximum Gasteiger partial charge on any atom is 0.573 e. The predicted octanol–water partition coefficient (Wildman–Crippen LogP) is 4.23. The molecular weight excluding hydrogens is 381 g/mol. The van der Waals surface area contributed by atoms with E-state index in [2.05, 4.69) is 20.0 Å². The molecule has 0 aliphatic rings. The number of hydrogen-bond donors (Lipinski definition) is 1. The third kappa shape index (κ3) is 4.39. The largest absolute Gasteiger partial charge is 0.573 e. The molecule has 0 saturated heterocycles. The number of para-hydroxylation sites is 1. The van der Waals surface area contributed by atoms with Crippen molar-refractivity contribution in [1.82, 2.24) is 9.97 Å². The molecule has 2 heterocycles. The Morgan fingerprint density at radius 2 is 1.93 bits per heavy atom. The minimum atomic E-state index is -4.93. The fourth-order valence-corrected chi connectivity index (χ4v) is 2.92. The van der Waals surface area contributed by atoms with Gasteiger partial charge in [-0.2, -0.15) is 5.26 Å². The normalized spacial score (nSPS) is 10.9. The van der Waals surface area contributed by atoms with Crippen LogP contribution in [0.4, 0.5) is 18.3 Å². The number of amides is 1. The molecule has 6 nitrogen and oxygen atoms in total. The van der Waals surface area contributed by atoms with Gasteiger partial charge >= 0.3 is 6.36 Å². The summed E-state index contributed by atoms with van der Waals surface area (Å²) in [5.41, 5.74) is 0.396. The zero-order chi connectivity index (χ0) is 19.4. The molecule has 0 aliphatic carbocycles. The number of rotatable bonds is 4. The van der Waals surface area contributed by atoms with Crippen molar-refractivity contribution in [2.45, 2.75) is 6.36 Å². The van der Waals surface area contributed by atoms with Crippen LogP contribution in [0.1, 0.15) is 15.2 Å². The summed E-state index contributed by atoms with van der Waals surface area (Å²) in [5.74, 6) is -1.48. The van der Waals surface area contributed by atoms with Gasteiger partial charge in [0, 0.05) is 6.20 Å². The second kappa shape index (κ2) is 7.43. The Morgan fingerprint density at radius 1 is 1.19 bits per heavy atom. The Hall–Kier alpha value is -3.45. The highest BCUT2D eigenvalue weighted by molar-refractivity contribution is 7.16. The summed E-state index contributed by atoms with van der Waals surface area (Å²) in [6, 6.07) is 12.0. The van der Waals surface area contributed by atoms with Crippen LogP contribution in [0.15, 0.2) is 48.7 Å². The zero-order valence-corrected chi connectivity index (χ0v) is 14.1. The number of carbonyl (C=O) groups is 1. The zero-order valence-electron chi connectivity index (χ0n) is 13.3. The number of anilines is 1.